The Hall–Kier alpha value is -0.570. The first-order chi connectivity index (χ1) is 8.86. The van der Waals surface area contributed by atoms with Gasteiger partial charge in [0.15, 0.2) is 0 Å². The van der Waals surface area contributed by atoms with Crippen LogP contribution >= 0.6 is 0 Å². The van der Waals surface area contributed by atoms with Crippen molar-refractivity contribution >= 4 is 5.84 Å². The van der Waals surface area contributed by atoms with Gasteiger partial charge in [-0.3, -0.25) is 4.99 Å². The molecule has 3 heteroatoms. The molecule has 2 rings (SSSR count). The Bertz CT molecular complexity index is 250. The summed E-state index contributed by atoms with van der Waals surface area (Å²) in [6.07, 6.45) is 12.0. The first-order valence-corrected chi connectivity index (χ1v) is 7.88. The van der Waals surface area contributed by atoms with Crippen LogP contribution in [0.15, 0.2) is 4.99 Å². The van der Waals surface area contributed by atoms with Gasteiger partial charge < -0.3 is 10.6 Å². The molecule has 0 aromatic rings. The third-order valence-electron chi connectivity index (χ3n) is 4.40. The van der Waals surface area contributed by atoms with Crippen molar-refractivity contribution in [1.29, 1.82) is 0 Å². The molecule has 1 saturated carbocycles. The number of hydrogen-bond acceptors (Lipinski definition) is 2. The second-order valence-electron chi connectivity index (χ2n) is 5.90. The molecule has 0 bridgehead atoms. The molecule has 0 radical (unpaired) electrons. The van der Waals surface area contributed by atoms with Gasteiger partial charge in [-0.25, -0.2) is 0 Å². The Labute approximate surface area is 112 Å². The highest BCUT2D eigenvalue weighted by Gasteiger charge is 2.16. The first-order valence-electron chi connectivity index (χ1n) is 7.88. The van der Waals surface area contributed by atoms with Crippen molar-refractivity contribution in [2.24, 2.45) is 16.6 Å². The van der Waals surface area contributed by atoms with Gasteiger partial charge in [0.2, 0.25) is 0 Å². The fraction of sp³-hybridized carbons (Fsp3) is 0.933. The molecular weight excluding hydrogens is 222 g/mol. The van der Waals surface area contributed by atoms with Crippen LogP contribution in [0.1, 0.15) is 57.8 Å². The van der Waals surface area contributed by atoms with E-state index in [9.17, 15) is 0 Å². The summed E-state index contributed by atoms with van der Waals surface area (Å²) < 4.78 is 0. The van der Waals surface area contributed by atoms with Gasteiger partial charge >= 0.3 is 0 Å². The first kappa shape index (κ1) is 13.9. The molecule has 1 saturated heterocycles. The van der Waals surface area contributed by atoms with E-state index >= 15 is 0 Å². The third kappa shape index (κ3) is 4.60. The largest absolute Gasteiger partial charge is 0.387 e. The number of piperidine rings is 1. The highest BCUT2D eigenvalue weighted by Crippen LogP contribution is 2.23. The molecule has 104 valence electrons. The molecule has 0 aromatic heterocycles. The van der Waals surface area contributed by atoms with Crippen molar-refractivity contribution in [3.8, 4) is 0 Å². The second kappa shape index (κ2) is 7.78. The molecule has 0 spiro atoms. The minimum absolute atomic E-state index is 0.591. The van der Waals surface area contributed by atoms with Crippen LogP contribution in [0.5, 0.6) is 0 Å². The lowest BCUT2D eigenvalue weighted by Gasteiger charge is -2.26. The zero-order valence-electron chi connectivity index (χ0n) is 11.7. The number of aliphatic imine (C=N–C) groups is 1. The van der Waals surface area contributed by atoms with Gasteiger partial charge in [0.25, 0.3) is 0 Å². The molecule has 0 aromatic carbocycles. The van der Waals surface area contributed by atoms with Crippen LogP contribution < -0.4 is 5.73 Å². The minimum atomic E-state index is 0.591. The number of rotatable bonds is 5. The molecule has 1 heterocycles. The van der Waals surface area contributed by atoms with Crippen LogP contribution in [0.25, 0.3) is 0 Å². The lowest BCUT2D eigenvalue weighted by Crippen LogP contribution is -2.31. The van der Waals surface area contributed by atoms with Gasteiger partial charge in [-0.05, 0) is 51.7 Å². The molecule has 1 aliphatic carbocycles. The molecule has 0 unspecified atom stereocenters. The fourth-order valence-electron chi connectivity index (χ4n) is 3.21. The van der Waals surface area contributed by atoms with Crippen molar-refractivity contribution in [2.75, 3.05) is 26.2 Å². The Morgan fingerprint density at radius 3 is 2.39 bits per heavy atom. The standard InChI is InChI=1S/C15H29N3/c16-15(14-8-3-1-4-9-14)17-10-7-13-18-11-5-2-6-12-18/h14H,1-13H2,(H2,16,17). The average Bonchev–Trinajstić information content (AvgIpc) is 2.45. The smallest absolute Gasteiger partial charge is 0.0968 e. The molecule has 0 amide bonds. The summed E-state index contributed by atoms with van der Waals surface area (Å²) in [6, 6.07) is 0. The number of amidine groups is 1. The van der Waals surface area contributed by atoms with E-state index in [4.69, 9.17) is 5.73 Å². The maximum Gasteiger partial charge on any atom is 0.0968 e. The van der Waals surface area contributed by atoms with Crippen LogP contribution in [-0.2, 0) is 0 Å². The van der Waals surface area contributed by atoms with Gasteiger partial charge in [0.1, 0.15) is 0 Å². The van der Waals surface area contributed by atoms with Gasteiger partial charge in [0, 0.05) is 12.5 Å². The molecule has 1 aliphatic heterocycles. The van der Waals surface area contributed by atoms with E-state index in [2.05, 4.69) is 9.89 Å². The van der Waals surface area contributed by atoms with E-state index in [1.54, 1.807) is 0 Å². The lowest BCUT2D eigenvalue weighted by molar-refractivity contribution is 0.227. The molecule has 0 atom stereocenters. The highest BCUT2D eigenvalue weighted by atomic mass is 15.1. The summed E-state index contributed by atoms with van der Waals surface area (Å²) in [5.74, 6) is 1.53. The predicted octanol–water partition coefficient (Wildman–Crippen LogP) is 2.80. The molecule has 2 aliphatic rings. The summed E-state index contributed by atoms with van der Waals surface area (Å²) in [7, 11) is 0. The SMILES string of the molecule is NC(=NCCCN1CCCCC1)C1CCCCC1. The van der Waals surface area contributed by atoms with Crippen molar-refractivity contribution in [3.05, 3.63) is 0 Å². The molecule has 18 heavy (non-hydrogen) atoms. The third-order valence-corrected chi connectivity index (χ3v) is 4.40. The fourth-order valence-corrected chi connectivity index (χ4v) is 3.21. The summed E-state index contributed by atoms with van der Waals surface area (Å²) in [5, 5.41) is 0. The number of likely N-dealkylation sites (tertiary alicyclic amines) is 1. The van der Waals surface area contributed by atoms with Crippen molar-refractivity contribution in [2.45, 2.75) is 57.8 Å². The van der Waals surface area contributed by atoms with E-state index in [1.165, 1.54) is 77.4 Å². The Morgan fingerprint density at radius 1 is 1.00 bits per heavy atom. The maximum absolute atomic E-state index is 6.10. The quantitative estimate of drug-likeness (QED) is 0.464. The van der Waals surface area contributed by atoms with Crippen LogP contribution in [0.4, 0.5) is 0 Å². The Balaban J connectivity index is 1.60. The molecular formula is C15H29N3. The topological polar surface area (TPSA) is 41.6 Å². The maximum atomic E-state index is 6.10. The Morgan fingerprint density at radius 2 is 1.67 bits per heavy atom. The van der Waals surface area contributed by atoms with Crippen LogP contribution in [0.3, 0.4) is 0 Å². The lowest BCUT2D eigenvalue weighted by atomic mass is 9.88. The van der Waals surface area contributed by atoms with E-state index in [1.807, 2.05) is 0 Å². The van der Waals surface area contributed by atoms with Crippen molar-refractivity contribution in [3.63, 3.8) is 0 Å². The summed E-state index contributed by atoms with van der Waals surface area (Å²) >= 11 is 0. The average molecular weight is 251 g/mol. The zero-order valence-corrected chi connectivity index (χ0v) is 11.7. The number of hydrogen-bond donors (Lipinski definition) is 1. The van der Waals surface area contributed by atoms with Gasteiger partial charge in [-0.2, -0.15) is 0 Å². The number of nitrogens with zero attached hydrogens (tertiary/aromatic N) is 2. The van der Waals surface area contributed by atoms with Crippen LogP contribution in [0, 0.1) is 5.92 Å². The second-order valence-corrected chi connectivity index (χ2v) is 5.90. The summed E-state index contributed by atoms with van der Waals surface area (Å²) in [6.45, 7) is 4.73. The van der Waals surface area contributed by atoms with Crippen molar-refractivity contribution in [1.82, 2.24) is 4.90 Å². The summed E-state index contributed by atoms with van der Waals surface area (Å²) in [5.41, 5.74) is 6.10. The normalized spacial score (nSPS) is 24.3. The summed E-state index contributed by atoms with van der Waals surface area (Å²) in [4.78, 5) is 7.18. The van der Waals surface area contributed by atoms with Gasteiger partial charge in [-0.1, -0.05) is 25.7 Å². The Kier molecular flexibility index (Phi) is 5.98. The molecule has 3 nitrogen and oxygen atoms in total. The number of nitrogens with two attached hydrogens (primary N) is 1. The van der Waals surface area contributed by atoms with Crippen LogP contribution in [-0.4, -0.2) is 36.9 Å². The zero-order chi connectivity index (χ0) is 12.6. The highest BCUT2D eigenvalue weighted by molar-refractivity contribution is 5.82. The molecule has 2 N–H and O–H groups in total. The van der Waals surface area contributed by atoms with Crippen molar-refractivity contribution < 1.29 is 0 Å². The van der Waals surface area contributed by atoms with Gasteiger partial charge in [-0.15, -0.1) is 0 Å². The van der Waals surface area contributed by atoms with Gasteiger partial charge in [0.05, 0.1) is 5.84 Å². The molecule has 2 fully saturated rings. The van der Waals surface area contributed by atoms with E-state index in [0.29, 0.717) is 5.92 Å². The minimum Gasteiger partial charge on any atom is -0.387 e. The van der Waals surface area contributed by atoms with E-state index in [-0.39, 0.29) is 0 Å². The predicted molar refractivity (Wildman–Crippen MR) is 78.0 cm³/mol. The van der Waals surface area contributed by atoms with E-state index < -0.39 is 0 Å². The monoisotopic (exact) mass is 251 g/mol. The van der Waals surface area contributed by atoms with E-state index in [0.717, 1.165) is 12.4 Å². The van der Waals surface area contributed by atoms with Crippen LogP contribution in [0.2, 0.25) is 0 Å².